The van der Waals surface area contributed by atoms with Gasteiger partial charge in [0.15, 0.2) is 0 Å². The van der Waals surface area contributed by atoms with Crippen molar-refractivity contribution in [1.82, 2.24) is 9.62 Å². The second-order valence-electron chi connectivity index (χ2n) is 5.52. The maximum atomic E-state index is 12.3. The van der Waals surface area contributed by atoms with E-state index in [4.69, 9.17) is 11.6 Å². The number of hydrogen-bond acceptors (Lipinski definition) is 4. The molecule has 22 heavy (non-hydrogen) atoms. The fourth-order valence-electron chi connectivity index (χ4n) is 2.67. The van der Waals surface area contributed by atoms with Gasteiger partial charge in [-0.15, -0.1) is 0 Å². The van der Waals surface area contributed by atoms with Crippen LogP contribution in [0.1, 0.15) is 31.7 Å². The van der Waals surface area contributed by atoms with E-state index >= 15 is 0 Å². The lowest BCUT2D eigenvalue weighted by Crippen LogP contribution is -2.50. The van der Waals surface area contributed by atoms with Gasteiger partial charge in [0, 0.05) is 5.02 Å². The number of likely N-dealkylation sites (tertiary alicyclic amines) is 1. The van der Waals surface area contributed by atoms with E-state index < -0.39 is 15.9 Å². The molecule has 0 bridgehead atoms. The molecule has 0 radical (unpaired) electrons. The molecule has 1 heterocycles. The van der Waals surface area contributed by atoms with Gasteiger partial charge in [-0.3, -0.25) is 9.69 Å². The van der Waals surface area contributed by atoms with Crippen LogP contribution in [0.25, 0.3) is 0 Å². The van der Waals surface area contributed by atoms with Gasteiger partial charge in [0.2, 0.25) is 0 Å². The van der Waals surface area contributed by atoms with E-state index in [1.807, 2.05) is 11.8 Å². The molecule has 1 N–H and O–H groups in total. The maximum absolute atomic E-state index is 12.3. The number of nitrogens with one attached hydrogen (secondary N) is 1. The Balaban J connectivity index is 2.16. The zero-order valence-electron chi connectivity index (χ0n) is 12.8. The summed E-state index contributed by atoms with van der Waals surface area (Å²) in [6.45, 7) is 5.32. The summed E-state index contributed by atoms with van der Waals surface area (Å²) >= 11 is 5.97. The van der Waals surface area contributed by atoms with Crippen molar-refractivity contribution in [2.24, 2.45) is 0 Å². The van der Waals surface area contributed by atoms with E-state index in [1.54, 1.807) is 13.0 Å². The highest BCUT2D eigenvalue weighted by atomic mass is 35.5. The fraction of sp³-hybridized carbons (Fsp3) is 0.533. The van der Waals surface area contributed by atoms with Gasteiger partial charge in [-0.2, -0.15) is 0 Å². The van der Waals surface area contributed by atoms with E-state index in [1.165, 1.54) is 12.1 Å². The molecule has 122 valence electrons. The number of piperidine rings is 1. The van der Waals surface area contributed by atoms with Crippen molar-refractivity contribution >= 4 is 27.5 Å². The van der Waals surface area contributed by atoms with E-state index in [0.29, 0.717) is 11.4 Å². The molecule has 2 rings (SSSR count). The Hall–Kier alpha value is -1.11. The summed E-state index contributed by atoms with van der Waals surface area (Å²) in [6, 6.07) is 4.06. The average molecular weight is 345 g/mol. The molecule has 7 heteroatoms. The molecule has 1 unspecified atom stereocenters. The van der Waals surface area contributed by atoms with Crippen molar-refractivity contribution in [2.75, 3.05) is 13.1 Å². The molecule has 1 amide bonds. The number of halogens is 1. The summed E-state index contributed by atoms with van der Waals surface area (Å²) in [6.07, 6.45) is 2.66. The molecule has 1 fully saturated rings. The smallest absolute Gasteiger partial charge is 0.264 e. The average Bonchev–Trinajstić information content (AvgIpc) is 2.49. The molecule has 5 nitrogen and oxygen atoms in total. The standard InChI is InChI=1S/C15H21ClN2O3S/c1-3-18-9-5-4-6-14(18)15(19)17-22(20,21)12-8-7-11(2)13(16)10-12/h7-8,10,14H,3-6,9H2,1-2H3,(H,17,19). The SMILES string of the molecule is CCN1CCCCC1C(=O)NS(=O)(=O)c1ccc(C)c(Cl)c1. The third-order valence-corrected chi connectivity index (χ3v) is 5.76. The number of sulfonamides is 1. The molecule has 1 atom stereocenters. The molecule has 1 aromatic rings. The fourth-order valence-corrected chi connectivity index (χ4v) is 3.95. The van der Waals surface area contributed by atoms with Gasteiger partial charge in [0.1, 0.15) is 0 Å². The second kappa shape index (κ2) is 6.98. The first-order chi connectivity index (χ1) is 10.3. The molecular weight excluding hydrogens is 324 g/mol. The number of nitrogens with zero attached hydrogens (tertiary/aromatic N) is 1. The minimum absolute atomic E-state index is 0.00954. The number of amides is 1. The largest absolute Gasteiger partial charge is 0.292 e. The topological polar surface area (TPSA) is 66.5 Å². The van der Waals surface area contributed by atoms with Crippen LogP contribution >= 0.6 is 11.6 Å². The zero-order chi connectivity index (χ0) is 16.3. The van der Waals surface area contributed by atoms with Crippen molar-refractivity contribution < 1.29 is 13.2 Å². The summed E-state index contributed by atoms with van der Waals surface area (Å²) in [5.74, 6) is -0.460. The molecule has 0 aliphatic carbocycles. The minimum atomic E-state index is -3.89. The van der Waals surface area contributed by atoms with Crippen LogP contribution in [0, 0.1) is 6.92 Å². The number of aryl methyl sites for hydroxylation is 1. The van der Waals surface area contributed by atoms with Crippen molar-refractivity contribution in [3.63, 3.8) is 0 Å². The number of likely N-dealkylation sites (N-methyl/N-ethyl adjacent to an activating group) is 1. The number of rotatable bonds is 4. The Morgan fingerprint density at radius 1 is 1.41 bits per heavy atom. The van der Waals surface area contributed by atoms with Gasteiger partial charge < -0.3 is 0 Å². The number of benzene rings is 1. The third kappa shape index (κ3) is 3.80. The Bertz CT molecular complexity index is 661. The summed E-state index contributed by atoms with van der Waals surface area (Å²) in [7, 11) is -3.89. The van der Waals surface area contributed by atoms with Crippen LogP contribution in [0.2, 0.25) is 5.02 Å². The molecule has 1 aliphatic rings. The first-order valence-corrected chi connectivity index (χ1v) is 9.28. The summed E-state index contributed by atoms with van der Waals surface area (Å²) in [5.41, 5.74) is 0.788. The Labute approximate surface area is 136 Å². The highest BCUT2D eigenvalue weighted by Crippen LogP contribution is 2.21. The van der Waals surface area contributed by atoms with Gasteiger partial charge in [-0.1, -0.05) is 31.0 Å². The second-order valence-corrected chi connectivity index (χ2v) is 7.61. The van der Waals surface area contributed by atoms with E-state index in [0.717, 1.165) is 31.5 Å². The van der Waals surface area contributed by atoms with Gasteiger partial charge in [0.05, 0.1) is 10.9 Å². The van der Waals surface area contributed by atoms with E-state index in [-0.39, 0.29) is 10.9 Å². The van der Waals surface area contributed by atoms with Gasteiger partial charge in [0.25, 0.3) is 15.9 Å². The maximum Gasteiger partial charge on any atom is 0.264 e. The van der Waals surface area contributed by atoms with E-state index in [9.17, 15) is 13.2 Å². The Morgan fingerprint density at radius 2 is 2.14 bits per heavy atom. The lowest BCUT2D eigenvalue weighted by molar-refractivity contribution is -0.125. The van der Waals surface area contributed by atoms with Crippen LogP contribution in [-0.4, -0.2) is 38.4 Å². The quantitative estimate of drug-likeness (QED) is 0.910. The third-order valence-electron chi connectivity index (χ3n) is 4.01. The Morgan fingerprint density at radius 3 is 2.77 bits per heavy atom. The van der Waals surface area contributed by atoms with Crippen molar-refractivity contribution in [3.8, 4) is 0 Å². The number of carbonyl (C=O) groups excluding carboxylic acids is 1. The number of hydrogen-bond donors (Lipinski definition) is 1. The van der Waals surface area contributed by atoms with Gasteiger partial charge >= 0.3 is 0 Å². The highest BCUT2D eigenvalue weighted by Gasteiger charge is 2.30. The molecule has 0 aromatic heterocycles. The van der Waals surface area contributed by atoms with E-state index in [2.05, 4.69) is 4.72 Å². The molecule has 0 saturated carbocycles. The summed E-state index contributed by atoms with van der Waals surface area (Å²) < 4.78 is 26.9. The van der Waals surface area contributed by atoms with Crippen LogP contribution in [-0.2, 0) is 14.8 Å². The normalized spacial score (nSPS) is 19.9. The predicted octanol–water partition coefficient (Wildman–Crippen LogP) is 2.33. The molecule has 0 spiro atoms. The lowest BCUT2D eigenvalue weighted by atomic mass is 10.0. The van der Waals surface area contributed by atoms with Crippen molar-refractivity contribution in [1.29, 1.82) is 0 Å². The summed E-state index contributed by atoms with van der Waals surface area (Å²) in [4.78, 5) is 14.4. The van der Waals surface area contributed by atoms with Crippen LogP contribution in [0.5, 0.6) is 0 Å². The van der Waals surface area contributed by atoms with Crippen LogP contribution in [0.4, 0.5) is 0 Å². The molecule has 1 aliphatic heterocycles. The molecule has 1 aromatic carbocycles. The van der Waals surface area contributed by atoms with Gasteiger partial charge in [-0.25, -0.2) is 13.1 Å². The van der Waals surface area contributed by atoms with Crippen molar-refractivity contribution in [3.05, 3.63) is 28.8 Å². The predicted molar refractivity (Wildman–Crippen MR) is 86.4 cm³/mol. The monoisotopic (exact) mass is 344 g/mol. The summed E-state index contributed by atoms with van der Waals surface area (Å²) in [5, 5.41) is 0.364. The van der Waals surface area contributed by atoms with Gasteiger partial charge in [-0.05, 0) is 50.6 Å². The number of carbonyl (C=O) groups is 1. The Kier molecular flexibility index (Phi) is 5.47. The molecular formula is C15H21ClN2O3S. The minimum Gasteiger partial charge on any atom is -0.292 e. The molecule has 1 saturated heterocycles. The van der Waals surface area contributed by atoms with Crippen LogP contribution in [0.15, 0.2) is 23.1 Å². The van der Waals surface area contributed by atoms with Crippen LogP contribution in [0.3, 0.4) is 0 Å². The highest BCUT2D eigenvalue weighted by molar-refractivity contribution is 7.90. The first-order valence-electron chi connectivity index (χ1n) is 7.42. The zero-order valence-corrected chi connectivity index (χ0v) is 14.4. The van der Waals surface area contributed by atoms with Crippen LogP contribution < -0.4 is 4.72 Å². The van der Waals surface area contributed by atoms with Crippen molar-refractivity contribution in [2.45, 2.75) is 44.0 Å². The first kappa shape index (κ1) is 17.2. The lowest BCUT2D eigenvalue weighted by Gasteiger charge is -2.33.